The van der Waals surface area contributed by atoms with Gasteiger partial charge < -0.3 is 0 Å². The molecule has 0 bridgehead atoms. The van der Waals surface area contributed by atoms with E-state index in [1.807, 2.05) is 0 Å². The fourth-order valence-electron chi connectivity index (χ4n) is 5.16. The molecule has 27 heavy (non-hydrogen) atoms. The maximum atomic E-state index is 5.00. The first-order chi connectivity index (χ1) is 13.4. The lowest BCUT2D eigenvalue weighted by atomic mass is 9.82. The van der Waals surface area contributed by atoms with Gasteiger partial charge in [0.2, 0.25) is 0 Å². The Bertz CT molecular complexity index is 1530. The Morgan fingerprint density at radius 2 is 1.37 bits per heavy atom. The summed E-state index contributed by atoms with van der Waals surface area (Å²) in [7, 11) is 0. The molecule has 0 N–H and O–H groups in total. The monoisotopic (exact) mass is 341 g/mol. The number of para-hydroxylation sites is 1. The molecule has 0 unspecified atom stereocenters. The highest BCUT2D eigenvalue weighted by molar-refractivity contribution is 6.35. The van der Waals surface area contributed by atoms with Gasteiger partial charge in [-0.25, -0.2) is 0 Å². The fourth-order valence-corrected chi connectivity index (χ4v) is 5.16. The maximum absolute atomic E-state index is 5.00. The fraction of sp³-hybridized carbons (Fsp3) is 0.0385. The van der Waals surface area contributed by atoms with Gasteiger partial charge in [0.25, 0.3) is 0 Å². The Morgan fingerprint density at radius 1 is 0.630 bits per heavy atom. The highest BCUT2D eigenvalue weighted by atomic mass is 14.8. The number of rotatable bonds is 0. The minimum Gasteiger partial charge on any atom is -0.252 e. The normalized spacial score (nSPS) is 14.7. The van der Waals surface area contributed by atoms with Crippen molar-refractivity contribution in [3.8, 4) is 0 Å². The number of nitrogens with zero attached hydrogens (tertiary/aromatic N) is 1. The maximum Gasteiger partial charge on any atom is 0.0712 e. The lowest BCUT2D eigenvalue weighted by Crippen LogP contribution is -2.22. The second-order valence-corrected chi connectivity index (χ2v) is 7.55. The van der Waals surface area contributed by atoms with Gasteiger partial charge in [-0.1, -0.05) is 72.8 Å². The first-order valence-corrected chi connectivity index (χ1v) is 9.46. The van der Waals surface area contributed by atoms with E-state index in [9.17, 15) is 0 Å². The first-order valence-electron chi connectivity index (χ1n) is 9.46. The van der Waals surface area contributed by atoms with E-state index >= 15 is 0 Å². The molecule has 1 aliphatic carbocycles. The molecule has 1 aliphatic heterocycles. The Hall–Kier alpha value is -3.45. The van der Waals surface area contributed by atoms with Crippen molar-refractivity contribution in [2.75, 3.05) is 0 Å². The van der Waals surface area contributed by atoms with Crippen LogP contribution in [0.3, 0.4) is 0 Å². The molecule has 1 heterocycles. The average molecular weight is 341 g/mol. The van der Waals surface area contributed by atoms with E-state index in [1.165, 1.54) is 59.9 Å². The number of benzene rings is 5. The van der Waals surface area contributed by atoms with E-state index in [0.717, 1.165) is 12.1 Å². The second-order valence-electron chi connectivity index (χ2n) is 7.55. The van der Waals surface area contributed by atoms with Gasteiger partial charge in [-0.2, -0.15) is 0 Å². The molecule has 7 rings (SSSR count). The van der Waals surface area contributed by atoms with Crippen LogP contribution in [0.4, 0.5) is 5.69 Å². The van der Waals surface area contributed by atoms with Crippen LogP contribution in [-0.2, 0) is 6.42 Å². The van der Waals surface area contributed by atoms with Crippen molar-refractivity contribution in [2.24, 2.45) is 4.99 Å². The predicted octanol–water partition coefficient (Wildman–Crippen LogP) is 5.71. The Morgan fingerprint density at radius 3 is 2.26 bits per heavy atom. The molecule has 1 heteroatoms. The molecule has 0 saturated carbocycles. The van der Waals surface area contributed by atoms with Crippen LogP contribution in [0, 0.1) is 0 Å². The summed E-state index contributed by atoms with van der Waals surface area (Å²) in [6, 6.07) is 28.7. The highest BCUT2D eigenvalue weighted by Crippen LogP contribution is 2.40. The number of aliphatic imine (C=N–C) groups is 1. The van der Waals surface area contributed by atoms with Crippen molar-refractivity contribution in [1.29, 1.82) is 0 Å². The summed E-state index contributed by atoms with van der Waals surface area (Å²) in [6.45, 7) is 0. The van der Waals surface area contributed by atoms with Crippen molar-refractivity contribution >= 4 is 49.3 Å². The Balaban J connectivity index is 1.90. The van der Waals surface area contributed by atoms with Gasteiger partial charge >= 0.3 is 0 Å². The first kappa shape index (κ1) is 13.7. The Kier molecular flexibility index (Phi) is 2.35. The van der Waals surface area contributed by atoms with Gasteiger partial charge in [0.05, 0.1) is 11.4 Å². The zero-order valence-electron chi connectivity index (χ0n) is 14.7. The predicted molar refractivity (Wildman–Crippen MR) is 114 cm³/mol. The zero-order chi connectivity index (χ0) is 17.5. The zero-order valence-corrected chi connectivity index (χ0v) is 14.7. The van der Waals surface area contributed by atoms with Crippen LogP contribution in [0.25, 0.3) is 37.9 Å². The molecule has 0 amide bonds. The molecule has 0 atom stereocenters. The summed E-state index contributed by atoms with van der Waals surface area (Å²) in [4.78, 5) is 5.00. The molecular weight excluding hydrogens is 326 g/mol. The summed E-state index contributed by atoms with van der Waals surface area (Å²) < 4.78 is 0. The molecule has 2 aliphatic rings. The van der Waals surface area contributed by atoms with Gasteiger partial charge in [0.1, 0.15) is 0 Å². The van der Waals surface area contributed by atoms with Crippen molar-refractivity contribution in [2.45, 2.75) is 6.42 Å². The van der Waals surface area contributed by atoms with E-state index in [1.54, 1.807) is 0 Å². The molecule has 0 aromatic heterocycles. The van der Waals surface area contributed by atoms with Gasteiger partial charge in [0.15, 0.2) is 0 Å². The summed E-state index contributed by atoms with van der Waals surface area (Å²) >= 11 is 0. The van der Waals surface area contributed by atoms with E-state index in [2.05, 4.69) is 78.9 Å². The van der Waals surface area contributed by atoms with Crippen molar-refractivity contribution in [1.82, 2.24) is 0 Å². The molecule has 0 radical (unpaired) electrons. The van der Waals surface area contributed by atoms with Crippen LogP contribution < -0.4 is 5.22 Å². The van der Waals surface area contributed by atoms with Crippen LogP contribution in [0.5, 0.6) is 0 Å². The number of fused-ring (bicyclic) bond motifs is 5. The topological polar surface area (TPSA) is 12.4 Å². The third kappa shape index (κ3) is 1.58. The summed E-state index contributed by atoms with van der Waals surface area (Å²) in [5, 5.41) is 9.54. The van der Waals surface area contributed by atoms with Gasteiger partial charge in [-0.15, -0.1) is 0 Å². The third-order valence-corrected chi connectivity index (χ3v) is 6.19. The Labute approximate surface area is 156 Å². The van der Waals surface area contributed by atoms with E-state index < -0.39 is 0 Å². The van der Waals surface area contributed by atoms with Crippen LogP contribution >= 0.6 is 0 Å². The van der Waals surface area contributed by atoms with Crippen molar-refractivity contribution in [3.05, 3.63) is 95.2 Å². The third-order valence-electron chi connectivity index (χ3n) is 6.19. The van der Waals surface area contributed by atoms with E-state index in [0.29, 0.717) is 0 Å². The number of hydrogen-bond donors (Lipinski definition) is 0. The molecule has 1 nitrogen and oxygen atoms in total. The van der Waals surface area contributed by atoms with Crippen LogP contribution in [0.1, 0.15) is 11.1 Å². The van der Waals surface area contributed by atoms with Crippen LogP contribution in [0.15, 0.2) is 83.9 Å². The molecular formula is C26H15N. The lowest BCUT2D eigenvalue weighted by molar-refractivity contribution is 1.35. The summed E-state index contributed by atoms with van der Waals surface area (Å²) in [5.41, 5.74) is 6.33. The minimum absolute atomic E-state index is 0.912. The molecule has 5 aromatic rings. The minimum atomic E-state index is 0.912. The van der Waals surface area contributed by atoms with Crippen LogP contribution in [-0.4, -0.2) is 5.71 Å². The van der Waals surface area contributed by atoms with Crippen molar-refractivity contribution < 1.29 is 0 Å². The summed E-state index contributed by atoms with van der Waals surface area (Å²) in [6.07, 6.45) is 0.912. The van der Waals surface area contributed by atoms with Crippen molar-refractivity contribution in [3.63, 3.8) is 0 Å². The molecule has 124 valence electrons. The SMILES string of the molecule is c1ccc2c(c1)N=C1Cc3cccc4c3c(c3cccc5cccc4c53)=C12. The lowest BCUT2D eigenvalue weighted by Gasteiger charge is -2.20. The number of hydrogen-bond acceptors (Lipinski definition) is 1. The van der Waals surface area contributed by atoms with Gasteiger partial charge in [-0.3, -0.25) is 4.99 Å². The largest absolute Gasteiger partial charge is 0.252 e. The van der Waals surface area contributed by atoms with Gasteiger partial charge in [0, 0.05) is 22.8 Å². The smallest absolute Gasteiger partial charge is 0.0712 e. The average Bonchev–Trinajstić information content (AvgIpc) is 3.09. The standard InChI is InChI=1S/C26H15N/c1-2-13-21-19(9-1)25-22(27-21)14-16-8-5-11-18-17-10-3-6-15-7-4-12-20(23(15)17)26(25)24(16)18/h1-13H,14H2. The van der Waals surface area contributed by atoms with Crippen LogP contribution in [0.2, 0.25) is 0 Å². The second kappa shape index (κ2) is 4.63. The molecule has 0 saturated heterocycles. The highest BCUT2D eigenvalue weighted by Gasteiger charge is 2.28. The molecule has 0 spiro atoms. The van der Waals surface area contributed by atoms with E-state index in [-0.39, 0.29) is 0 Å². The molecule has 5 aromatic carbocycles. The van der Waals surface area contributed by atoms with Gasteiger partial charge in [-0.05, 0) is 43.9 Å². The quantitative estimate of drug-likeness (QED) is 0.253. The van der Waals surface area contributed by atoms with E-state index in [4.69, 9.17) is 4.99 Å². The summed E-state index contributed by atoms with van der Waals surface area (Å²) in [5.74, 6) is 0. The molecule has 0 fully saturated rings.